The summed E-state index contributed by atoms with van der Waals surface area (Å²) in [7, 11) is 0. The fourth-order valence-electron chi connectivity index (χ4n) is 1.57. The molecule has 0 aliphatic carbocycles. The molecule has 0 spiro atoms. The molecule has 0 radical (unpaired) electrons. The van der Waals surface area contributed by atoms with Crippen molar-refractivity contribution in [2.75, 3.05) is 10.6 Å². The summed E-state index contributed by atoms with van der Waals surface area (Å²) in [5, 5.41) is 13.9. The van der Waals surface area contributed by atoms with Crippen molar-refractivity contribution in [1.82, 2.24) is 0 Å². The molecule has 0 saturated heterocycles. The van der Waals surface area contributed by atoms with E-state index in [-0.39, 0.29) is 11.4 Å². The number of benzene rings is 2. The molecule has 0 aromatic heterocycles. The first-order valence-electron chi connectivity index (χ1n) is 5.82. The van der Waals surface area contributed by atoms with Crippen molar-refractivity contribution in [1.29, 1.82) is 0 Å². The van der Waals surface area contributed by atoms with Crippen LogP contribution in [0.4, 0.5) is 20.6 Å². The Labute approximate surface area is 133 Å². The molecule has 0 aliphatic heterocycles. The highest BCUT2D eigenvalue weighted by Gasteiger charge is 2.07. The van der Waals surface area contributed by atoms with Gasteiger partial charge in [0, 0.05) is 9.26 Å². The Morgan fingerprint density at radius 2 is 1.71 bits per heavy atom. The molecule has 2 amide bonds. The van der Waals surface area contributed by atoms with Crippen molar-refractivity contribution < 1.29 is 19.1 Å². The molecule has 2 rings (SSSR count). The number of carbonyl (C=O) groups excluding carboxylic acids is 1. The van der Waals surface area contributed by atoms with E-state index < -0.39 is 12.0 Å². The van der Waals surface area contributed by atoms with Crippen LogP contribution < -0.4 is 10.6 Å². The maximum absolute atomic E-state index is 13.0. The van der Waals surface area contributed by atoms with E-state index in [0.29, 0.717) is 14.9 Å². The summed E-state index contributed by atoms with van der Waals surface area (Å²) < 4.78 is 13.5. The Bertz CT molecular complexity index is 689. The summed E-state index contributed by atoms with van der Waals surface area (Å²) in [6.07, 6.45) is 0. The lowest BCUT2D eigenvalue weighted by atomic mass is 10.2. The van der Waals surface area contributed by atoms with Crippen LogP contribution in [0.15, 0.2) is 42.5 Å². The number of hydrogen-bond donors (Lipinski definition) is 3. The van der Waals surface area contributed by atoms with Gasteiger partial charge in [0.25, 0.3) is 0 Å². The maximum Gasteiger partial charge on any atom is 0.335 e. The van der Waals surface area contributed by atoms with Crippen molar-refractivity contribution in [2.24, 2.45) is 0 Å². The minimum atomic E-state index is -1.04. The number of hydrogen-bond acceptors (Lipinski definition) is 2. The first kappa shape index (κ1) is 15.2. The molecule has 0 saturated carbocycles. The zero-order valence-electron chi connectivity index (χ0n) is 10.6. The van der Waals surface area contributed by atoms with Crippen LogP contribution in [0.5, 0.6) is 0 Å². The lowest BCUT2D eigenvalue weighted by Gasteiger charge is -2.09. The van der Waals surface area contributed by atoms with Crippen molar-refractivity contribution in [3.8, 4) is 0 Å². The fraction of sp³-hybridized carbons (Fsp3) is 0. The van der Waals surface area contributed by atoms with Gasteiger partial charge in [-0.1, -0.05) is 0 Å². The van der Waals surface area contributed by atoms with Crippen LogP contribution in [0.3, 0.4) is 0 Å². The fourth-order valence-corrected chi connectivity index (χ4v) is 2.18. The number of carboxylic acid groups (broad SMARTS) is 1. The molecular weight excluding hydrogens is 390 g/mol. The maximum atomic E-state index is 13.0. The number of rotatable bonds is 3. The molecule has 5 nitrogen and oxygen atoms in total. The van der Waals surface area contributed by atoms with E-state index >= 15 is 0 Å². The van der Waals surface area contributed by atoms with Gasteiger partial charge >= 0.3 is 12.0 Å². The van der Waals surface area contributed by atoms with E-state index in [0.717, 1.165) is 0 Å². The van der Waals surface area contributed by atoms with E-state index in [2.05, 4.69) is 10.6 Å². The topological polar surface area (TPSA) is 78.4 Å². The third kappa shape index (κ3) is 4.15. The van der Waals surface area contributed by atoms with Crippen LogP contribution in [0.1, 0.15) is 10.4 Å². The van der Waals surface area contributed by atoms with Crippen molar-refractivity contribution in [3.63, 3.8) is 0 Å². The second-order valence-electron chi connectivity index (χ2n) is 4.09. The quantitative estimate of drug-likeness (QED) is 0.687. The molecule has 2 aromatic carbocycles. The Morgan fingerprint density at radius 1 is 1.05 bits per heavy atom. The van der Waals surface area contributed by atoms with Gasteiger partial charge < -0.3 is 15.7 Å². The van der Waals surface area contributed by atoms with Gasteiger partial charge in [-0.15, -0.1) is 0 Å². The molecule has 21 heavy (non-hydrogen) atoms. The largest absolute Gasteiger partial charge is 0.478 e. The van der Waals surface area contributed by atoms with E-state index in [9.17, 15) is 14.0 Å². The van der Waals surface area contributed by atoms with Crippen LogP contribution in [0.2, 0.25) is 0 Å². The first-order chi connectivity index (χ1) is 9.95. The zero-order valence-corrected chi connectivity index (χ0v) is 12.7. The lowest BCUT2D eigenvalue weighted by Crippen LogP contribution is -2.20. The van der Waals surface area contributed by atoms with Gasteiger partial charge in [-0.2, -0.15) is 0 Å². The molecule has 108 valence electrons. The predicted molar refractivity (Wildman–Crippen MR) is 85.2 cm³/mol. The van der Waals surface area contributed by atoms with Gasteiger partial charge in [0.2, 0.25) is 0 Å². The highest BCUT2D eigenvalue weighted by Crippen LogP contribution is 2.19. The Kier molecular flexibility index (Phi) is 4.73. The van der Waals surface area contributed by atoms with E-state index in [1.54, 1.807) is 0 Å². The molecule has 0 unspecified atom stereocenters. The molecule has 0 bridgehead atoms. The van der Waals surface area contributed by atoms with Crippen LogP contribution in [-0.4, -0.2) is 17.1 Å². The SMILES string of the molecule is O=C(Nc1ccc(C(=O)O)cc1)Nc1ccc(F)cc1I. The Morgan fingerprint density at radius 3 is 2.29 bits per heavy atom. The van der Waals surface area contributed by atoms with Gasteiger partial charge in [-0.3, -0.25) is 0 Å². The summed E-state index contributed by atoms with van der Waals surface area (Å²) >= 11 is 1.91. The van der Waals surface area contributed by atoms with E-state index in [4.69, 9.17) is 5.11 Å². The third-order valence-corrected chi connectivity index (χ3v) is 3.46. The highest BCUT2D eigenvalue weighted by atomic mass is 127. The predicted octanol–water partition coefficient (Wildman–Crippen LogP) is 3.77. The Hall–Kier alpha value is -2.16. The molecule has 0 fully saturated rings. The van der Waals surface area contributed by atoms with Gasteiger partial charge in [0.15, 0.2) is 0 Å². The first-order valence-corrected chi connectivity index (χ1v) is 6.90. The minimum Gasteiger partial charge on any atom is -0.478 e. The number of nitrogens with one attached hydrogen (secondary N) is 2. The average molecular weight is 400 g/mol. The molecule has 0 atom stereocenters. The van der Waals surface area contributed by atoms with Crippen molar-refractivity contribution in [3.05, 3.63) is 57.4 Å². The van der Waals surface area contributed by atoms with E-state index in [1.807, 2.05) is 22.6 Å². The van der Waals surface area contributed by atoms with Gasteiger partial charge in [0.1, 0.15) is 5.82 Å². The number of aromatic carboxylic acids is 1. The molecule has 7 heteroatoms. The van der Waals surface area contributed by atoms with Gasteiger partial charge in [-0.05, 0) is 65.1 Å². The number of carbonyl (C=O) groups is 2. The van der Waals surface area contributed by atoms with Crippen molar-refractivity contribution >= 4 is 46.0 Å². The van der Waals surface area contributed by atoms with Gasteiger partial charge in [0.05, 0.1) is 11.3 Å². The second-order valence-corrected chi connectivity index (χ2v) is 5.25. The monoisotopic (exact) mass is 400 g/mol. The summed E-state index contributed by atoms with van der Waals surface area (Å²) in [4.78, 5) is 22.5. The second kappa shape index (κ2) is 6.53. The standard InChI is InChI=1S/C14H10FIN2O3/c15-9-3-6-12(11(16)7-9)18-14(21)17-10-4-1-8(2-5-10)13(19)20/h1-7H,(H,19,20)(H2,17,18,21). The zero-order chi connectivity index (χ0) is 15.4. The number of urea groups is 1. The summed E-state index contributed by atoms with van der Waals surface area (Å²) in [6, 6.07) is 9.26. The average Bonchev–Trinajstić information content (AvgIpc) is 2.42. The minimum absolute atomic E-state index is 0.133. The number of anilines is 2. The van der Waals surface area contributed by atoms with Crippen molar-refractivity contribution in [2.45, 2.75) is 0 Å². The van der Waals surface area contributed by atoms with Crippen LogP contribution in [-0.2, 0) is 0 Å². The molecule has 0 heterocycles. The van der Waals surface area contributed by atoms with Crippen LogP contribution in [0, 0.1) is 9.39 Å². The smallest absolute Gasteiger partial charge is 0.335 e. The van der Waals surface area contributed by atoms with Crippen LogP contribution >= 0.6 is 22.6 Å². The number of amides is 2. The van der Waals surface area contributed by atoms with E-state index in [1.165, 1.54) is 42.5 Å². The number of halogens is 2. The molecule has 3 N–H and O–H groups in total. The third-order valence-electron chi connectivity index (χ3n) is 2.57. The van der Waals surface area contributed by atoms with Crippen LogP contribution in [0.25, 0.3) is 0 Å². The van der Waals surface area contributed by atoms with Gasteiger partial charge in [-0.25, -0.2) is 14.0 Å². The summed E-state index contributed by atoms with van der Waals surface area (Å²) in [6.45, 7) is 0. The lowest BCUT2D eigenvalue weighted by molar-refractivity contribution is 0.0697. The highest BCUT2D eigenvalue weighted by molar-refractivity contribution is 14.1. The Balaban J connectivity index is 2.02. The molecule has 0 aliphatic rings. The number of carboxylic acids is 1. The summed E-state index contributed by atoms with van der Waals surface area (Å²) in [5.41, 5.74) is 1.07. The normalized spacial score (nSPS) is 10.0. The molecular formula is C14H10FIN2O3. The summed E-state index contributed by atoms with van der Waals surface area (Å²) in [5.74, 6) is -1.42. The molecule has 2 aromatic rings.